The third-order valence-corrected chi connectivity index (χ3v) is 5.04. The zero-order chi connectivity index (χ0) is 11.1. The zero-order valence-corrected chi connectivity index (χ0v) is 8.72. The SMILES string of the molecule is C=CC(=O)OC1C2OC(=O)CC34C1CC3C24. The molecular weight excluding hydrogens is 208 g/mol. The van der Waals surface area contributed by atoms with Crippen molar-refractivity contribution in [3.8, 4) is 0 Å². The monoisotopic (exact) mass is 220 g/mol. The fraction of sp³-hybridized carbons (Fsp3) is 0.667. The summed E-state index contributed by atoms with van der Waals surface area (Å²) >= 11 is 0. The Bertz CT molecular complexity index is 429. The maximum absolute atomic E-state index is 11.4. The van der Waals surface area contributed by atoms with Gasteiger partial charge in [0.1, 0.15) is 12.2 Å². The van der Waals surface area contributed by atoms with Gasteiger partial charge < -0.3 is 9.47 Å². The molecule has 1 aliphatic heterocycles. The molecule has 0 radical (unpaired) electrons. The fourth-order valence-corrected chi connectivity index (χ4v) is 4.50. The normalized spacial score (nSPS) is 54.5. The van der Waals surface area contributed by atoms with E-state index < -0.39 is 5.97 Å². The van der Waals surface area contributed by atoms with Crippen LogP contribution in [0.25, 0.3) is 0 Å². The van der Waals surface area contributed by atoms with Crippen molar-refractivity contribution in [3.63, 3.8) is 0 Å². The molecule has 16 heavy (non-hydrogen) atoms. The maximum atomic E-state index is 11.4. The van der Waals surface area contributed by atoms with Gasteiger partial charge in [0.2, 0.25) is 0 Å². The second-order valence-electron chi connectivity index (χ2n) is 5.32. The van der Waals surface area contributed by atoms with Gasteiger partial charge in [-0.2, -0.15) is 0 Å². The summed E-state index contributed by atoms with van der Waals surface area (Å²) in [7, 11) is 0. The molecule has 3 aliphatic carbocycles. The molecule has 1 spiro atoms. The Morgan fingerprint density at radius 1 is 1.56 bits per heavy atom. The van der Waals surface area contributed by atoms with Gasteiger partial charge in [-0.3, -0.25) is 4.79 Å². The van der Waals surface area contributed by atoms with E-state index in [1.165, 1.54) is 6.08 Å². The lowest BCUT2D eigenvalue weighted by molar-refractivity contribution is -0.168. The quantitative estimate of drug-likeness (QED) is 0.507. The molecule has 1 saturated heterocycles. The van der Waals surface area contributed by atoms with Crippen molar-refractivity contribution in [2.75, 3.05) is 0 Å². The molecule has 0 aromatic carbocycles. The van der Waals surface area contributed by atoms with E-state index in [1.54, 1.807) is 0 Å². The number of hydrogen-bond donors (Lipinski definition) is 0. The molecule has 0 N–H and O–H groups in total. The summed E-state index contributed by atoms with van der Waals surface area (Å²) in [5, 5.41) is 0. The van der Waals surface area contributed by atoms with Gasteiger partial charge in [0.15, 0.2) is 0 Å². The van der Waals surface area contributed by atoms with Gasteiger partial charge in [-0.1, -0.05) is 6.58 Å². The van der Waals surface area contributed by atoms with Crippen LogP contribution in [0.4, 0.5) is 0 Å². The number of hydrogen-bond acceptors (Lipinski definition) is 4. The fourth-order valence-electron chi connectivity index (χ4n) is 4.50. The number of carbonyl (C=O) groups is 2. The largest absolute Gasteiger partial charge is 0.458 e. The van der Waals surface area contributed by atoms with Crippen LogP contribution in [0.15, 0.2) is 12.7 Å². The maximum Gasteiger partial charge on any atom is 0.330 e. The number of rotatable bonds is 2. The first-order valence-corrected chi connectivity index (χ1v) is 5.71. The van der Waals surface area contributed by atoms with E-state index in [0.29, 0.717) is 24.2 Å². The third-order valence-electron chi connectivity index (χ3n) is 5.04. The third kappa shape index (κ3) is 0.701. The molecule has 4 heteroatoms. The minimum atomic E-state index is -0.409. The van der Waals surface area contributed by atoms with Gasteiger partial charge in [0.05, 0.1) is 6.42 Å². The van der Waals surface area contributed by atoms with Crippen molar-refractivity contribution >= 4 is 11.9 Å². The van der Waals surface area contributed by atoms with Gasteiger partial charge in [0.25, 0.3) is 0 Å². The van der Waals surface area contributed by atoms with Crippen molar-refractivity contribution in [1.29, 1.82) is 0 Å². The molecule has 4 nitrogen and oxygen atoms in total. The van der Waals surface area contributed by atoms with Crippen molar-refractivity contribution < 1.29 is 19.1 Å². The van der Waals surface area contributed by atoms with E-state index in [4.69, 9.17) is 9.47 Å². The molecule has 4 fully saturated rings. The molecular formula is C12H12O4. The number of ether oxygens (including phenoxy) is 2. The van der Waals surface area contributed by atoms with E-state index in [0.717, 1.165) is 6.42 Å². The van der Waals surface area contributed by atoms with E-state index in [2.05, 4.69) is 6.58 Å². The lowest BCUT2D eigenvalue weighted by Crippen LogP contribution is -2.43. The summed E-state index contributed by atoms with van der Waals surface area (Å²) in [5.74, 6) is 0.951. The lowest BCUT2D eigenvalue weighted by Gasteiger charge is -2.37. The summed E-state index contributed by atoms with van der Waals surface area (Å²) in [6, 6.07) is 0. The average Bonchev–Trinajstić information content (AvgIpc) is 2.73. The molecule has 4 aliphatic rings. The molecule has 0 amide bonds. The van der Waals surface area contributed by atoms with Crippen LogP contribution in [0.2, 0.25) is 0 Å². The number of esters is 2. The molecule has 1 heterocycles. The van der Waals surface area contributed by atoms with E-state index >= 15 is 0 Å². The molecule has 6 unspecified atom stereocenters. The Labute approximate surface area is 92.6 Å². The first kappa shape index (κ1) is 8.79. The first-order valence-electron chi connectivity index (χ1n) is 5.71. The molecule has 2 bridgehead atoms. The first-order chi connectivity index (χ1) is 7.68. The zero-order valence-electron chi connectivity index (χ0n) is 8.72. The minimum Gasteiger partial charge on any atom is -0.458 e. The predicted molar refractivity (Wildman–Crippen MR) is 52.1 cm³/mol. The van der Waals surface area contributed by atoms with Crippen molar-refractivity contribution in [1.82, 2.24) is 0 Å². The van der Waals surface area contributed by atoms with Crippen LogP contribution in [-0.2, 0) is 19.1 Å². The molecule has 3 saturated carbocycles. The summed E-state index contributed by atoms with van der Waals surface area (Å²) in [6.45, 7) is 3.39. The van der Waals surface area contributed by atoms with Crippen LogP contribution in [0.5, 0.6) is 0 Å². The van der Waals surface area contributed by atoms with E-state index in [9.17, 15) is 9.59 Å². The highest BCUT2D eigenvalue weighted by Crippen LogP contribution is 2.85. The average molecular weight is 220 g/mol. The molecule has 6 atom stereocenters. The highest BCUT2D eigenvalue weighted by atomic mass is 16.6. The second-order valence-corrected chi connectivity index (χ2v) is 5.32. The standard InChI is InChI=1S/C12H12O4/c1-2-7(13)15-10-6-3-5-9-11(10)16-8(14)4-12(5,6)9/h2,5-6,9-11H,1,3-4H2. The van der Waals surface area contributed by atoms with Crippen LogP contribution in [0.1, 0.15) is 12.8 Å². The minimum absolute atomic E-state index is 0.120. The Balaban J connectivity index is 1.65. The van der Waals surface area contributed by atoms with Crippen LogP contribution in [0.3, 0.4) is 0 Å². The predicted octanol–water partition coefficient (Wildman–Crippen LogP) is 0.666. The highest BCUT2D eigenvalue weighted by molar-refractivity contribution is 5.82. The topological polar surface area (TPSA) is 52.6 Å². The summed E-state index contributed by atoms with van der Waals surface area (Å²) in [5.41, 5.74) is 0.159. The van der Waals surface area contributed by atoms with Gasteiger partial charge in [0, 0.05) is 17.9 Å². The summed E-state index contributed by atoms with van der Waals surface area (Å²) in [6.07, 6.45) is 2.41. The molecule has 84 valence electrons. The van der Waals surface area contributed by atoms with Gasteiger partial charge in [-0.15, -0.1) is 0 Å². The van der Waals surface area contributed by atoms with E-state index in [-0.39, 0.29) is 23.6 Å². The van der Waals surface area contributed by atoms with Gasteiger partial charge in [-0.05, 0) is 17.8 Å². The molecule has 0 aromatic rings. The van der Waals surface area contributed by atoms with Crippen molar-refractivity contribution in [3.05, 3.63) is 12.7 Å². The Morgan fingerprint density at radius 3 is 3.12 bits per heavy atom. The molecule has 4 rings (SSSR count). The Kier molecular flexibility index (Phi) is 1.28. The van der Waals surface area contributed by atoms with E-state index in [1.807, 2.05) is 0 Å². The van der Waals surface area contributed by atoms with Gasteiger partial charge >= 0.3 is 11.9 Å². The summed E-state index contributed by atoms with van der Waals surface area (Å²) in [4.78, 5) is 22.7. The Hall–Kier alpha value is -1.32. The van der Waals surface area contributed by atoms with Crippen LogP contribution in [-0.4, -0.2) is 24.1 Å². The smallest absolute Gasteiger partial charge is 0.330 e. The van der Waals surface area contributed by atoms with Crippen molar-refractivity contribution in [2.45, 2.75) is 25.0 Å². The van der Waals surface area contributed by atoms with Crippen LogP contribution < -0.4 is 0 Å². The highest BCUT2D eigenvalue weighted by Gasteiger charge is 2.88. The summed E-state index contributed by atoms with van der Waals surface area (Å²) < 4.78 is 10.7. The number of carbonyl (C=O) groups excluding carboxylic acids is 2. The molecule has 0 aromatic heterocycles. The van der Waals surface area contributed by atoms with Gasteiger partial charge in [-0.25, -0.2) is 4.79 Å². The van der Waals surface area contributed by atoms with Crippen LogP contribution >= 0.6 is 0 Å². The van der Waals surface area contributed by atoms with Crippen LogP contribution in [0, 0.1) is 23.2 Å². The lowest BCUT2D eigenvalue weighted by atomic mass is 9.69. The van der Waals surface area contributed by atoms with Crippen molar-refractivity contribution in [2.24, 2.45) is 23.2 Å². The second kappa shape index (κ2) is 2.34. The Morgan fingerprint density at radius 2 is 2.38 bits per heavy atom.